The monoisotopic (exact) mass is 448 g/mol. The van der Waals surface area contributed by atoms with Crippen molar-refractivity contribution in [3.05, 3.63) is 77.3 Å². The first kappa shape index (κ1) is 21.4. The zero-order chi connectivity index (χ0) is 22.7. The van der Waals surface area contributed by atoms with Crippen molar-refractivity contribution < 1.29 is 14.3 Å². The fourth-order valence-corrected chi connectivity index (χ4v) is 3.54. The van der Waals surface area contributed by atoms with Crippen LogP contribution in [0.3, 0.4) is 0 Å². The number of hydrogen-bond acceptors (Lipinski definition) is 5. The number of carbonyl (C=O) groups excluding carboxylic acids is 2. The molecule has 7 nitrogen and oxygen atoms in total. The second-order valence-corrected chi connectivity index (χ2v) is 7.66. The molecular formula is C24H21ClN4O3. The number of benzene rings is 3. The maximum atomic E-state index is 12.5. The third-order valence-corrected chi connectivity index (χ3v) is 5.39. The largest absolute Gasteiger partial charge is 0.468 e. The maximum Gasteiger partial charge on any atom is 0.325 e. The molecule has 0 aliphatic rings. The minimum atomic E-state index is -0.469. The fourth-order valence-electron chi connectivity index (χ4n) is 3.36. The van der Waals surface area contributed by atoms with Gasteiger partial charge in [0.05, 0.1) is 29.0 Å². The normalized spacial score (nSPS) is 10.7. The summed E-state index contributed by atoms with van der Waals surface area (Å²) in [6.45, 7) is -0.106. The number of esters is 1. The second-order valence-electron chi connectivity index (χ2n) is 7.25. The van der Waals surface area contributed by atoms with Crippen molar-refractivity contribution in [2.24, 2.45) is 0 Å². The number of aromatic nitrogens is 2. The number of nitrogens with zero attached hydrogens (tertiary/aromatic N) is 2. The van der Waals surface area contributed by atoms with E-state index in [1.807, 2.05) is 54.6 Å². The molecule has 0 spiro atoms. The lowest BCUT2D eigenvalue weighted by Gasteiger charge is -2.15. The van der Waals surface area contributed by atoms with Crippen molar-refractivity contribution in [1.29, 1.82) is 0 Å². The van der Waals surface area contributed by atoms with E-state index in [9.17, 15) is 9.59 Å². The van der Waals surface area contributed by atoms with Gasteiger partial charge in [0, 0.05) is 29.2 Å². The van der Waals surface area contributed by atoms with Gasteiger partial charge in [-0.1, -0.05) is 35.9 Å². The predicted molar refractivity (Wildman–Crippen MR) is 125 cm³/mol. The van der Waals surface area contributed by atoms with Crippen LogP contribution in [0.5, 0.6) is 0 Å². The average Bonchev–Trinajstić information content (AvgIpc) is 3.23. The molecule has 0 saturated carbocycles. The minimum Gasteiger partial charge on any atom is -0.468 e. The van der Waals surface area contributed by atoms with Crippen LogP contribution in [0.2, 0.25) is 5.02 Å². The van der Waals surface area contributed by atoms with E-state index in [0.717, 1.165) is 33.5 Å². The number of carbonyl (C=O) groups is 2. The standard InChI is InChI=1S/C24H21ClN4O3/c1-29(14-22(30)32-2)24(31)16-9-7-15(8-10-16)23-18-12-11-17(13-21(18)27-28-23)26-20-6-4-3-5-19(20)25/h3-13,26H,14H2,1-2H3,(H,27,28). The van der Waals surface area contributed by atoms with Gasteiger partial charge in [-0.25, -0.2) is 0 Å². The molecule has 1 heterocycles. The lowest BCUT2D eigenvalue weighted by atomic mass is 10.0. The van der Waals surface area contributed by atoms with Crippen molar-refractivity contribution >= 4 is 45.8 Å². The van der Waals surface area contributed by atoms with Crippen LogP contribution in [0, 0.1) is 0 Å². The van der Waals surface area contributed by atoms with Gasteiger partial charge in [-0.05, 0) is 42.5 Å². The van der Waals surface area contributed by atoms with Crippen LogP contribution in [0.1, 0.15) is 10.4 Å². The number of para-hydroxylation sites is 1. The molecule has 1 aromatic heterocycles. The van der Waals surface area contributed by atoms with Crippen LogP contribution in [-0.4, -0.2) is 47.7 Å². The smallest absolute Gasteiger partial charge is 0.325 e. The van der Waals surface area contributed by atoms with E-state index in [4.69, 9.17) is 11.6 Å². The minimum absolute atomic E-state index is 0.106. The highest BCUT2D eigenvalue weighted by atomic mass is 35.5. The van der Waals surface area contributed by atoms with Crippen LogP contribution in [0.25, 0.3) is 22.2 Å². The molecule has 0 aliphatic carbocycles. The van der Waals surface area contributed by atoms with Gasteiger partial charge in [0.25, 0.3) is 5.91 Å². The summed E-state index contributed by atoms with van der Waals surface area (Å²) in [6, 6.07) is 20.6. The van der Waals surface area contributed by atoms with E-state index in [-0.39, 0.29) is 12.5 Å². The highest BCUT2D eigenvalue weighted by molar-refractivity contribution is 6.33. The fraction of sp³-hybridized carbons (Fsp3) is 0.125. The Hall–Kier alpha value is -3.84. The Labute approximate surface area is 189 Å². The maximum absolute atomic E-state index is 12.5. The molecule has 162 valence electrons. The van der Waals surface area contributed by atoms with Crippen molar-refractivity contribution in [2.75, 3.05) is 26.0 Å². The summed E-state index contributed by atoms with van der Waals surface area (Å²) < 4.78 is 4.61. The molecule has 2 N–H and O–H groups in total. The van der Waals surface area contributed by atoms with Crippen molar-refractivity contribution in [2.45, 2.75) is 0 Å². The number of likely N-dealkylation sites (N-methyl/N-ethyl adjacent to an activating group) is 1. The van der Waals surface area contributed by atoms with Gasteiger partial charge in [0.1, 0.15) is 6.54 Å². The highest BCUT2D eigenvalue weighted by Gasteiger charge is 2.16. The summed E-state index contributed by atoms with van der Waals surface area (Å²) in [5.74, 6) is -0.729. The third kappa shape index (κ3) is 4.43. The molecule has 0 atom stereocenters. The number of aromatic amines is 1. The number of anilines is 2. The van der Waals surface area contributed by atoms with Crippen molar-refractivity contribution in [3.8, 4) is 11.3 Å². The Balaban J connectivity index is 1.54. The Morgan fingerprint density at radius 1 is 1.09 bits per heavy atom. The molecule has 3 aromatic carbocycles. The van der Waals surface area contributed by atoms with Crippen LogP contribution < -0.4 is 5.32 Å². The van der Waals surface area contributed by atoms with E-state index >= 15 is 0 Å². The molecule has 4 rings (SSSR count). The first-order valence-corrected chi connectivity index (χ1v) is 10.3. The zero-order valence-electron chi connectivity index (χ0n) is 17.6. The lowest BCUT2D eigenvalue weighted by Crippen LogP contribution is -2.32. The van der Waals surface area contributed by atoms with E-state index in [1.165, 1.54) is 12.0 Å². The number of amides is 1. The Kier molecular flexibility index (Phi) is 6.09. The van der Waals surface area contributed by atoms with Gasteiger partial charge in [-0.3, -0.25) is 14.7 Å². The van der Waals surface area contributed by atoms with Gasteiger partial charge < -0.3 is 15.0 Å². The summed E-state index contributed by atoms with van der Waals surface area (Å²) in [5.41, 5.74) is 4.71. The lowest BCUT2D eigenvalue weighted by molar-refractivity contribution is -0.141. The number of fused-ring (bicyclic) bond motifs is 1. The molecule has 0 radical (unpaired) electrons. The number of nitrogens with one attached hydrogen (secondary N) is 2. The summed E-state index contributed by atoms with van der Waals surface area (Å²) in [5, 5.41) is 12.4. The summed E-state index contributed by atoms with van der Waals surface area (Å²) in [6.07, 6.45) is 0. The zero-order valence-corrected chi connectivity index (χ0v) is 18.3. The van der Waals surface area contributed by atoms with Gasteiger partial charge in [-0.2, -0.15) is 5.10 Å². The number of H-pyrrole nitrogens is 1. The summed E-state index contributed by atoms with van der Waals surface area (Å²) >= 11 is 6.23. The molecule has 1 amide bonds. The van der Waals surface area contributed by atoms with Crippen molar-refractivity contribution in [1.82, 2.24) is 15.1 Å². The van der Waals surface area contributed by atoms with Gasteiger partial charge >= 0.3 is 5.97 Å². The highest BCUT2D eigenvalue weighted by Crippen LogP contribution is 2.30. The van der Waals surface area contributed by atoms with Crippen LogP contribution in [-0.2, 0) is 9.53 Å². The molecular weight excluding hydrogens is 428 g/mol. The number of halogens is 1. The molecule has 4 aromatic rings. The molecule has 0 fully saturated rings. The SMILES string of the molecule is COC(=O)CN(C)C(=O)c1ccc(-c2n[nH]c3cc(Nc4ccccc4Cl)ccc23)cc1. The van der Waals surface area contributed by atoms with E-state index in [2.05, 4.69) is 20.3 Å². The number of ether oxygens (including phenoxy) is 1. The van der Waals surface area contributed by atoms with Crippen LogP contribution in [0.4, 0.5) is 11.4 Å². The number of hydrogen-bond donors (Lipinski definition) is 2. The van der Waals surface area contributed by atoms with Gasteiger partial charge in [0.15, 0.2) is 0 Å². The quantitative estimate of drug-likeness (QED) is 0.411. The molecule has 0 saturated heterocycles. The Morgan fingerprint density at radius 3 is 2.56 bits per heavy atom. The topological polar surface area (TPSA) is 87.3 Å². The molecule has 0 unspecified atom stereocenters. The van der Waals surface area contributed by atoms with E-state index in [0.29, 0.717) is 10.6 Å². The summed E-state index contributed by atoms with van der Waals surface area (Å²) in [4.78, 5) is 25.2. The van der Waals surface area contributed by atoms with Crippen molar-refractivity contribution in [3.63, 3.8) is 0 Å². The average molecular weight is 449 g/mol. The number of rotatable bonds is 6. The van der Waals surface area contributed by atoms with Crippen LogP contribution >= 0.6 is 11.6 Å². The van der Waals surface area contributed by atoms with E-state index in [1.54, 1.807) is 19.2 Å². The number of methoxy groups -OCH3 is 1. The Morgan fingerprint density at radius 2 is 1.84 bits per heavy atom. The summed E-state index contributed by atoms with van der Waals surface area (Å²) in [7, 11) is 2.85. The molecule has 8 heteroatoms. The molecule has 0 bridgehead atoms. The van der Waals surface area contributed by atoms with Gasteiger partial charge in [-0.15, -0.1) is 0 Å². The predicted octanol–water partition coefficient (Wildman–Crippen LogP) is 4.87. The van der Waals surface area contributed by atoms with Gasteiger partial charge in [0.2, 0.25) is 0 Å². The Bertz CT molecular complexity index is 1280. The first-order chi connectivity index (χ1) is 15.5. The molecule has 32 heavy (non-hydrogen) atoms. The second kappa shape index (κ2) is 9.11. The van der Waals surface area contributed by atoms with Crippen LogP contribution in [0.15, 0.2) is 66.7 Å². The first-order valence-electron chi connectivity index (χ1n) is 9.88. The van der Waals surface area contributed by atoms with E-state index < -0.39 is 5.97 Å². The molecule has 0 aliphatic heterocycles. The third-order valence-electron chi connectivity index (χ3n) is 5.06.